The van der Waals surface area contributed by atoms with Gasteiger partial charge in [0, 0.05) is 37.5 Å². The summed E-state index contributed by atoms with van der Waals surface area (Å²) < 4.78 is 15.7. The molecule has 0 aliphatic carbocycles. The molecular formula is C19H23N3O5. The van der Waals surface area contributed by atoms with E-state index in [0.717, 1.165) is 5.56 Å². The van der Waals surface area contributed by atoms with Crippen molar-refractivity contribution in [3.8, 4) is 17.2 Å². The Kier molecular flexibility index (Phi) is 7.42. The van der Waals surface area contributed by atoms with E-state index >= 15 is 0 Å². The molecular weight excluding hydrogens is 350 g/mol. The zero-order valence-electron chi connectivity index (χ0n) is 15.6. The topological polar surface area (TPSA) is 98.8 Å². The lowest BCUT2D eigenvalue weighted by molar-refractivity contribution is -0.121. The van der Waals surface area contributed by atoms with E-state index in [9.17, 15) is 9.59 Å². The van der Waals surface area contributed by atoms with Crippen LogP contribution in [-0.4, -0.2) is 44.7 Å². The van der Waals surface area contributed by atoms with Gasteiger partial charge in [-0.2, -0.15) is 0 Å². The van der Waals surface area contributed by atoms with Crippen LogP contribution in [0.2, 0.25) is 0 Å². The third-order valence-electron chi connectivity index (χ3n) is 3.78. The van der Waals surface area contributed by atoms with Crippen LogP contribution in [0.3, 0.4) is 0 Å². The number of pyridine rings is 1. The number of rotatable bonds is 9. The maximum Gasteiger partial charge on any atom is 0.251 e. The Morgan fingerprint density at radius 1 is 1.04 bits per heavy atom. The number of carbonyl (C=O) groups is 2. The van der Waals surface area contributed by atoms with Crippen molar-refractivity contribution in [1.82, 2.24) is 15.6 Å². The minimum atomic E-state index is -0.339. The standard InChI is InChI=1S/C19H23N3O5/c1-25-15-9-14(10-16(26-2)18(15)27-3)19(24)21-8-6-17(23)22-12-13-5-4-7-20-11-13/h4-5,7,9-11H,6,8,12H2,1-3H3,(H,21,24)(H,22,23). The quantitative estimate of drug-likeness (QED) is 0.692. The van der Waals surface area contributed by atoms with Crippen LogP contribution >= 0.6 is 0 Å². The van der Waals surface area contributed by atoms with Crippen LogP contribution in [0, 0.1) is 0 Å². The number of hydrogen-bond donors (Lipinski definition) is 2. The summed E-state index contributed by atoms with van der Waals surface area (Å²) in [5, 5.41) is 5.48. The van der Waals surface area contributed by atoms with Crippen molar-refractivity contribution >= 4 is 11.8 Å². The first kappa shape index (κ1) is 20.0. The van der Waals surface area contributed by atoms with E-state index in [1.54, 1.807) is 30.6 Å². The lowest BCUT2D eigenvalue weighted by Crippen LogP contribution is -2.30. The highest BCUT2D eigenvalue weighted by atomic mass is 16.5. The predicted octanol–water partition coefficient (Wildman–Crippen LogP) is 1.54. The Morgan fingerprint density at radius 2 is 1.74 bits per heavy atom. The van der Waals surface area contributed by atoms with Gasteiger partial charge in [0.1, 0.15) is 0 Å². The van der Waals surface area contributed by atoms with Gasteiger partial charge in [-0.25, -0.2) is 0 Å². The van der Waals surface area contributed by atoms with Gasteiger partial charge in [0.25, 0.3) is 5.91 Å². The molecule has 0 bridgehead atoms. The molecule has 1 heterocycles. The minimum absolute atomic E-state index is 0.163. The van der Waals surface area contributed by atoms with Crippen molar-refractivity contribution in [1.29, 1.82) is 0 Å². The summed E-state index contributed by atoms with van der Waals surface area (Å²) in [6.45, 7) is 0.599. The number of aromatic nitrogens is 1. The Bertz CT molecular complexity index is 755. The van der Waals surface area contributed by atoms with Crippen LogP contribution in [0.5, 0.6) is 17.2 Å². The number of carbonyl (C=O) groups excluding carboxylic acids is 2. The zero-order chi connectivity index (χ0) is 19.6. The highest BCUT2D eigenvalue weighted by Crippen LogP contribution is 2.38. The lowest BCUT2D eigenvalue weighted by Gasteiger charge is -2.14. The number of methoxy groups -OCH3 is 3. The average molecular weight is 373 g/mol. The number of nitrogens with zero attached hydrogens (tertiary/aromatic N) is 1. The zero-order valence-corrected chi connectivity index (χ0v) is 15.6. The second kappa shape index (κ2) is 10.0. The van der Waals surface area contributed by atoms with Crippen LogP contribution < -0.4 is 24.8 Å². The molecule has 2 amide bonds. The highest BCUT2D eigenvalue weighted by Gasteiger charge is 2.17. The smallest absolute Gasteiger partial charge is 0.251 e. The molecule has 0 atom stereocenters. The van der Waals surface area contributed by atoms with Crippen molar-refractivity contribution in [2.24, 2.45) is 0 Å². The van der Waals surface area contributed by atoms with Crippen molar-refractivity contribution < 1.29 is 23.8 Å². The van der Waals surface area contributed by atoms with Gasteiger partial charge in [-0.3, -0.25) is 14.6 Å². The maximum absolute atomic E-state index is 12.3. The summed E-state index contributed by atoms with van der Waals surface area (Å²) in [5.74, 6) is 0.678. The van der Waals surface area contributed by atoms with Gasteiger partial charge in [-0.05, 0) is 23.8 Å². The number of ether oxygens (including phenoxy) is 3. The largest absolute Gasteiger partial charge is 0.493 e. The molecule has 0 radical (unpaired) electrons. The van der Waals surface area contributed by atoms with Gasteiger partial charge in [-0.1, -0.05) is 6.07 Å². The van der Waals surface area contributed by atoms with Gasteiger partial charge >= 0.3 is 0 Å². The van der Waals surface area contributed by atoms with Crippen LogP contribution in [0.4, 0.5) is 0 Å². The molecule has 1 aromatic heterocycles. The molecule has 1 aromatic carbocycles. The summed E-state index contributed by atoms with van der Waals surface area (Å²) in [5.41, 5.74) is 1.26. The summed E-state index contributed by atoms with van der Waals surface area (Å²) in [6, 6.07) is 6.79. The fourth-order valence-corrected chi connectivity index (χ4v) is 2.40. The van der Waals surface area contributed by atoms with E-state index < -0.39 is 0 Å². The third kappa shape index (κ3) is 5.60. The molecule has 144 valence electrons. The Balaban J connectivity index is 1.87. The van der Waals surface area contributed by atoms with Gasteiger partial charge in [-0.15, -0.1) is 0 Å². The van der Waals surface area contributed by atoms with Crippen molar-refractivity contribution in [3.63, 3.8) is 0 Å². The van der Waals surface area contributed by atoms with Gasteiger partial charge < -0.3 is 24.8 Å². The van der Waals surface area contributed by atoms with Crippen molar-refractivity contribution in [2.45, 2.75) is 13.0 Å². The molecule has 0 saturated heterocycles. The highest BCUT2D eigenvalue weighted by molar-refractivity contribution is 5.95. The van der Waals surface area contributed by atoms with Gasteiger partial charge in [0.15, 0.2) is 11.5 Å². The van der Waals surface area contributed by atoms with Crippen molar-refractivity contribution in [2.75, 3.05) is 27.9 Å². The fraction of sp³-hybridized carbons (Fsp3) is 0.316. The number of nitrogens with one attached hydrogen (secondary N) is 2. The molecule has 0 spiro atoms. The maximum atomic E-state index is 12.3. The molecule has 0 aliphatic heterocycles. The summed E-state index contributed by atoms with van der Waals surface area (Å²) in [6.07, 6.45) is 3.52. The van der Waals surface area contributed by atoms with E-state index in [1.165, 1.54) is 21.3 Å². The first-order chi connectivity index (χ1) is 13.1. The molecule has 0 unspecified atom stereocenters. The van der Waals surface area contributed by atoms with Crippen LogP contribution in [0.15, 0.2) is 36.7 Å². The molecule has 2 aromatic rings. The first-order valence-electron chi connectivity index (χ1n) is 8.32. The fourth-order valence-electron chi connectivity index (χ4n) is 2.40. The van der Waals surface area contributed by atoms with Gasteiger partial charge in [0.2, 0.25) is 11.7 Å². The van der Waals surface area contributed by atoms with E-state index in [2.05, 4.69) is 15.6 Å². The predicted molar refractivity (Wildman–Crippen MR) is 99.1 cm³/mol. The molecule has 2 rings (SSSR count). The summed E-state index contributed by atoms with van der Waals surface area (Å²) in [7, 11) is 4.45. The Hall–Kier alpha value is -3.29. The Morgan fingerprint density at radius 3 is 2.30 bits per heavy atom. The van der Waals surface area contributed by atoms with Crippen molar-refractivity contribution in [3.05, 3.63) is 47.8 Å². The number of benzene rings is 1. The molecule has 0 saturated carbocycles. The lowest BCUT2D eigenvalue weighted by atomic mass is 10.1. The van der Waals surface area contributed by atoms with E-state index in [4.69, 9.17) is 14.2 Å². The molecule has 0 fully saturated rings. The molecule has 0 aliphatic rings. The van der Waals surface area contributed by atoms with Crippen LogP contribution in [0.25, 0.3) is 0 Å². The van der Waals surface area contributed by atoms with E-state index in [-0.39, 0.29) is 24.8 Å². The van der Waals surface area contributed by atoms with Crippen LogP contribution in [0.1, 0.15) is 22.3 Å². The van der Waals surface area contributed by atoms with Gasteiger partial charge in [0.05, 0.1) is 21.3 Å². The molecule has 8 nitrogen and oxygen atoms in total. The Labute approximate surface area is 157 Å². The average Bonchev–Trinajstić information content (AvgIpc) is 2.71. The molecule has 2 N–H and O–H groups in total. The monoisotopic (exact) mass is 373 g/mol. The summed E-state index contributed by atoms with van der Waals surface area (Å²) >= 11 is 0. The number of amides is 2. The third-order valence-corrected chi connectivity index (χ3v) is 3.78. The number of hydrogen-bond acceptors (Lipinski definition) is 6. The molecule has 8 heteroatoms. The SMILES string of the molecule is COc1cc(C(=O)NCCC(=O)NCc2cccnc2)cc(OC)c1OC. The second-order valence-corrected chi connectivity index (χ2v) is 5.56. The summed E-state index contributed by atoms with van der Waals surface area (Å²) in [4.78, 5) is 28.2. The minimum Gasteiger partial charge on any atom is -0.493 e. The van der Waals surface area contributed by atoms with Crippen LogP contribution in [-0.2, 0) is 11.3 Å². The van der Waals surface area contributed by atoms with E-state index in [1.807, 2.05) is 6.07 Å². The van der Waals surface area contributed by atoms with E-state index in [0.29, 0.717) is 29.4 Å². The molecule has 27 heavy (non-hydrogen) atoms. The first-order valence-corrected chi connectivity index (χ1v) is 8.32. The second-order valence-electron chi connectivity index (χ2n) is 5.56. The normalized spacial score (nSPS) is 10.0.